The van der Waals surface area contributed by atoms with Crippen molar-refractivity contribution in [3.05, 3.63) is 35.9 Å². The van der Waals surface area contributed by atoms with Crippen LogP contribution in [0.15, 0.2) is 30.3 Å². The zero-order valence-electron chi connectivity index (χ0n) is 33.2. The molecule has 11 N–H and O–H groups in total. The highest BCUT2D eigenvalue weighted by Crippen LogP contribution is 2.32. The summed E-state index contributed by atoms with van der Waals surface area (Å²) in [6.45, 7) is 4.62. The zero-order valence-corrected chi connectivity index (χ0v) is 33.2. The quantitative estimate of drug-likeness (QED) is 0.0866. The van der Waals surface area contributed by atoms with Gasteiger partial charge in [-0.3, -0.25) is 33.6 Å². The molecule has 1 aromatic carbocycles. The first-order valence-electron chi connectivity index (χ1n) is 20.4. The molecule has 1 saturated carbocycles. The van der Waals surface area contributed by atoms with Gasteiger partial charge in [0.15, 0.2) is 0 Å². The number of nitrogens with one attached hydrogen (secondary N) is 7. The molecule has 0 radical (unpaired) electrons. The summed E-state index contributed by atoms with van der Waals surface area (Å²) in [7, 11) is 0. The minimum atomic E-state index is -1.09. The van der Waals surface area contributed by atoms with Crippen molar-refractivity contribution >= 4 is 41.4 Å². The van der Waals surface area contributed by atoms with Crippen LogP contribution < -0.4 is 48.7 Å². The van der Waals surface area contributed by atoms with E-state index in [1.165, 1.54) is 0 Å². The summed E-state index contributed by atoms with van der Waals surface area (Å²) in [5, 5.41) is 19.5. The molecule has 2 aliphatic rings. The molecule has 1 aliphatic heterocycles. The van der Waals surface area contributed by atoms with Gasteiger partial charge in [-0.05, 0) is 108 Å². The molecule has 1 saturated heterocycles. The molecule has 0 bridgehead atoms. The first-order chi connectivity index (χ1) is 26.9. The monoisotopic (exact) mass is 784 g/mol. The summed E-state index contributed by atoms with van der Waals surface area (Å²) in [4.78, 5) is 94.2. The van der Waals surface area contributed by atoms with Crippen LogP contribution in [0.2, 0.25) is 0 Å². The average Bonchev–Trinajstić information content (AvgIpc) is 3.98. The van der Waals surface area contributed by atoms with Gasteiger partial charge in [0.1, 0.15) is 30.2 Å². The number of carbonyl (C=O) groups excluding carboxylic acids is 7. The first-order valence-corrected chi connectivity index (χ1v) is 20.4. The fraction of sp³-hybridized carbons (Fsp3) is 0.675. The molecule has 56 heavy (non-hydrogen) atoms. The molecule has 16 heteroatoms. The van der Waals surface area contributed by atoms with Crippen molar-refractivity contribution in [3.63, 3.8) is 0 Å². The summed E-state index contributed by atoms with van der Waals surface area (Å²) >= 11 is 0. The summed E-state index contributed by atoms with van der Waals surface area (Å²) < 4.78 is 0. The van der Waals surface area contributed by atoms with Crippen LogP contribution in [0, 0.1) is 11.8 Å². The Bertz CT molecular complexity index is 1440. The molecule has 0 spiro atoms. The van der Waals surface area contributed by atoms with E-state index in [1.807, 2.05) is 44.2 Å². The highest BCUT2D eigenvalue weighted by atomic mass is 16.2. The SMILES string of the molecule is CC(C)C[C@@H]1NC(=O)[C@@H](NC(=O)[C@H](CCCCN)NC(=O)[C@H](CCCCN)NC(=O)CC2CC2)CCCCNC(=O)CNC(=O)[C@H](Cc2ccccc2)NC1=O. The predicted molar refractivity (Wildman–Crippen MR) is 212 cm³/mol. The number of unbranched alkanes of at least 4 members (excludes halogenated alkanes) is 2. The summed E-state index contributed by atoms with van der Waals surface area (Å²) in [6.07, 6.45) is 6.76. The molecule has 0 aromatic heterocycles. The molecule has 7 amide bonds. The number of hydrogen-bond donors (Lipinski definition) is 9. The van der Waals surface area contributed by atoms with Crippen molar-refractivity contribution in [2.45, 2.75) is 134 Å². The van der Waals surface area contributed by atoms with Crippen molar-refractivity contribution in [2.24, 2.45) is 23.3 Å². The second kappa shape index (κ2) is 24.8. The van der Waals surface area contributed by atoms with Crippen LogP contribution in [-0.4, -0.2) is 97.7 Å². The number of hydrogen-bond acceptors (Lipinski definition) is 9. The lowest BCUT2D eigenvalue weighted by atomic mass is 10.00. The number of amides is 7. The van der Waals surface area contributed by atoms with Crippen molar-refractivity contribution < 1.29 is 33.6 Å². The van der Waals surface area contributed by atoms with Crippen LogP contribution in [0.1, 0.15) is 103 Å². The van der Waals surface area contributed by atoms with E-state index in [-0.39, 0.29) is 50.6 Å². The molecular formula is C40H65N9O7. The van der Waals surface area contributed by atoms with E-state index < -0.39 is 65.7 Å². The zero-order chi connectivity index (χ0) is 40.9. The lowest BCUT2D eigenvalue weighted by Gasteiger charge is -2.28. The van der Waals surface area contributed by atoms with Gasteiger partial charge < -0.3 is 48.7 Å². The van der Waals surface area contributed by atoms with Crippen LogP contribution in [0.25, 0.3) is 0 Å². The third-order valence-corrected chi connectivity index (χ3v) is 9.90. The van der Waals surface area contributed by atoms with Gasteiger partial charge in [0, 0.05) is 19.4 Å². The van der Waals surface area contributed by atoms with Crippen LogP contribution in [0.5, 0.6) is 0 Å². The number of nitrogens with two attached hydrogens (primary N) is 2. The van der Waals surface area contributed by atoms with Gasteiger partial charge in [-0.1, -0.05) is 44.2 Å². The maximum atomic E-state index is 14.0. The van der Waals surface area contributed by atoms with Crippen molar-refractivity contribution in [2.75, 3.05) is 26.2 Å². The topological polar surface area (TPSA) is 256 Å². The van der Waals surface area contributed by atoms with Crippen molar-refractivity contribution in [1.82, 2.24) is 37.2 Å². The standard InChI is InChI=1S/C40H65N9O7/c1-26(2)22-32-40(56)49-33(23-27-12-4-3-5-13-27)36(52)44-25-35(51)43-21-11-8-16-31(39(55)48-32)47-38(54)30(15-7-10-20-42)46-37(53)29(14-6-9-19-41)45-34(50)24-28-17-18-28/h3-5,12-13,26,28-33H,6-11,14-25,41-42H2,1-2H3,(H,43,51)(H,44,52)(H,45,50)(H,46,53)(H,47,54)(H,48,55)(H,49,56)/t29-,30-,31-,32-,33-/m0/s1. The van der Waals surface area contributed by atoms with Crippen LogP contribution in [0.4, 0.5) is 0 Å². The maximum Gasteiger partial charge on any atom is 0.243 e. The molecule has 16 nitrogen and oxygen atoms in total. The fourth-order valence-corrected chi connectivity index (χ4v) is 6.54. The van der Waals surface area contributed by atoms with Crippen LogP contribution in [0.3, 0.4) is 0 Å². The molecule has 1 aliphatic carbocycles. The summed E-state index contributed by atoms with van der Waals surface area (Å²) in [5.41, 5.74) is 12.2. The highest BCUT2D eigenvalue weighted by molar-refractivity contribution is 5.97. The lowest BCUT2D eigenvalue weighted by molar-refractivity contribution is -0.135. The van der Waals surface area contributed by atoms with E-state index in [1.54, 1.807) is 0 Å². The van der Waals surface area contributed by atoms with Crippen LogP contribution >= 0.6 is 0 Å². The minimum absolute atomic E-state index is 0.0283. The minimum Gasteiger partial charge on any atom is -0.355 e. The van der Waals surface area contributed by atoms with Crippen LogP contribution in [-0.2, 0) is 40.0 Å². The van der Waals surface area contributed by atoms with Gasteiger partial charge in [0.05, 0.1) is 6.54 Å². The Hall–Kier alpha value is -4.57. The molecule has 1 heterocycles. The normalized spacial score (nSPS) is 21.1. The molecule has 2 fully saturated rings. The Labute approximate surface area is 330 Å². The molecular weight excluding hydrogens is 718 g/mol. The summed E-state index contributed by atoms with van der Waals surface area (Å²) in [6, 6.07) is 4.05. The van der Waals surface area contributed by atoms with E-state index in [9.17, 15) is 33.6 Å². The largest absolute Gasteiger partial charge is 0.355 e. The van der Waals surface area contributed by atoms with E-state index >= 15 is 0 Å². The highest BCUT2D eigenvalue weighted by Gasteiger charge is 2.33. The Balaban J connectivity index is 1.83. The Kier molecular flexibility index (Phi) is 20.3. The second-order valence-corrected chi connectivity index (χ2v) is 15.5. The van der Waals surface area contributed by atoms with Crippen molar-refractivity contribution in [1.29, 1.82) is 0 Å². The third kappa shape index (κ3) is 17.5. The van der Waals surface area contributed by atoms with Gasteiger partial charge in [-0.25, -0.2) is 0 Å². The fourth-order valence-electron chi connectivity index (χ4n) is 6.54. The van der Waals surface area contributed by atoms with Gasteiger partial charge in [0.2, 0.25) is 41.4 Å². The van der Waals surface area contributed by atoms with E-state index in [0.717, 1.165) is 18.4 Å². The Morgan fingerprint density at radius 3 is 2.02 bits per heavy atom. The smallest absolute Gasteiger partial charge is 0.243 e. The van der Waals surface area contributed by atoms with Gasteiger partial charge >= 0.3 is 0 Å². The van der Waals surface area contributed by atoms with Gasteiger partial charge in [-0.2, -0.15) is 0 Å². The average molecular weight is 784 g/mol. The molecule has 3 rings (SSSR count). The van der Waals surface area contributed by atoms with E-state index in [0.29, 0.717) is 70.4 Å². The molecule has 312 valence electrons. The Morgan fingerprint density at radius 1 is 0.750 bits per heavy atom. The number of carbonyl (C=O) groups is 7. The van der Waals surface area contributed by atoms with Gasteiger partial charge in [-0.15, -0.1) is 0 Å². The third-order valence-electron chi connectivity index (χ3n) is 9.90. The maximum absolute atomic E-state index is 14.0. The second-order valence-electron chi connectivity index (χ2n) is 15.5. The van der Waals surface area contributed by atoms with E-state index in [4.69, 9.17) is 11.5 Å². The predicted octanol–water partition coefficient (Wildman–Crippen LogP) is 0.174. The number of benzene rings is 1. The van der Waals surface area contributed by atoms with E-state index in [2.05, 4.69) is 37.2 Å². The molecule has 1 aromatic rings. The lowest BCUT2D eigenvalue weighted by Crippen LogP contribution is -2.59. The molecule has 0 unspecified atom stereocenters. The summed E-state index contributed by atoms with van der Waals surface area (Å²) in [5.74, 6) is -3.13. The van der Waals surface area contributed by atoms with Crippen molar-refractivity contribution in [3.8, 4) is 0 Å². The molecule has 5 atom stereocenters. The Morgan fingerprint density at radius 2 is 1.39 bits per heavy atom. The number of rotatable bonds is 19. The van der Waals surface area contributed by atoms with Gasteiger partial charge in [0.25, 0.3) is 0 Å². The first kappa shape index (κ1) is 45.8.